The van der Waals surface area contributed by atoms with Gasteiger partial charge in [0.1, 0.15) is 5.75 Å². The molecule has 6 nitrogen and oxygen atoms in total. The van der Waals surface area contributed by atoms with Crippen LogP contribution in [-0.4, -0.2) is 38.0 Å². The Bertz CT molecular complexity index is 1010. The van der Waals surface area contributed by atoms with Crippen LogP contribution in [0.3, 0.4) is 0 Å². The summed E-state index contributed by atoms with van der Waals surface area (Å²) in [5, 5.41) is 0. The van der Waals surface area contributed by atoms with Gasteiger partial charge < -0.3 is 4.74 Å². The van der Waals surface area contributed by atoms with Gasteiger partial charge in [0, 0.05) is 6.26 Å². The standard InChI is InChI=1S/C21H23NO5S/c1-4-10-27-15-11-14(5-2)18(19(12-15)28(3,25)26)13-22-20(23)16-8-6-7-9-17(16)21(22)24/h6-9,11-12H,4-5,10,13H2,1-3H3. The Labute approximate surface area is 165 Å². The second-order valence-electron chi connectivity index (χ2n) is 6.78. The largest absolute Gasteiger partial charge is 0.494 e. The van der Waals surface area contributed by atoms with Gasteiger partial charge in [-0.3, -0.25) is 14.5 Å². The summed E-state index contributed by atoms with van der Waals surface area (Å²) in [7, 11) is -3.59. The maximum atomic E-state index is 12.7. The molecule has 2 amide bonds. The van der Waals surface area contributed by atoms with Crippen LogP contribution in [0.2, 0.25) is 0 Å². The predicted molar refractivity (Wildman–Crippen MR) is 105 cm³/mol. The second-order valence-corrected chi connectivity index (χ2v) is 8.76. The smallest absolute Gasteiger partial charge is 0.261 e. The Morgan fingerprint density at radius 3 is 2.11 bits per heavy atom. The van der Waals surface area contributed by atoms with Crippen molar-refractivity contribution >= 4 is 21.7 Å². The number of ether oxygens (including phenoxy) is 1. The van der Waals surface area contributed by atoms with E-state index in [9.17, 15) is 18.0 Å². The number of aryl methyl sites for hydroxylation is 1. The first kappa shape index (κ1) is 20.1. The Balaban J connectivity index is 2.07. The molecule has 1 aliphatic heterocycles. The van der Waals surface area contributed by atoms with Crippen molar-refractivity contribution in [3.8, 4) is 5.75 Å². The summed E-state index contributed by atoms with van der Waals surface area (Å²) in [6.45, 7) is 4.25. The van der Waals surface area contributed by atoms with Gasteiger partial charge in [-0.15, -0.1) is 0 Å². The van der Waals surface area contributed by atoms with Gasteiger partial charge in [0.25, 0.3) is 11.8 Å². The van der Waals surface area contributed by atoms with E-state index in [1.807, 2.05) is 13.8 Å². The molecule has 148 valence electrons. The van der Waals surface area contributed by atoms with Crippen LogP contribution in [0.5, 0.6) is 5.75 Å². The van der Waals surface area contributed by atoms with Gasteiger partial charge in [0.05, 0.1) is 29.2 Å². The highest BCUT2D eigenvalue weighted by Gasteiger charge is 2.36. The third-order valence-electron chi connectivity index (χ3n) is 4.72. The molecule has 0 spiro atoms. The summed E-state index contributed by atoms with van der Waals surface area (Å²) in [6.07, 6.45) is 2.47. The van der Waals surface area contributed by atoms with Gasteiger partial charge >= 0.3 is 0 Å². The van der Waals surface area contributed by atoms with Crippen LogP contribution in [0.25, 0.3) is 0 Å². The van der Waals surface area contributed by atoms with E-state index in [2.05, 4.69) is 0 Å². The highest BCUT2D eigenvalue weighted by atomic mass is 32.2. The molecule has 0 aromatic heterocycles. The lowest BCUT2D eigenvalue weighted by molar-refractivity contribution is 0.0640. The fraction of sp³-hybridized carbons (Fsp3) is 0.333. The van der Waals surface area contributed by atoms with E-state index in [0.717, 1.165) is 23.1 Å². The lowest BCUT2D eigenvalue weighted by Crippen LogP contribution is -2.30. The zero-order chi connectivity index (χ0) is 20.5. The summed E-state index contributed by atoms with van der Waals surface area (Å²) in [5.74, 6) is -0.341. The number of sulfone groups is 1. The number of benzene rings is 2. The zero-order valence-electron chi connectivity index (χ0n) is 16.2. The molecule has 0 saturated heterocycles. The van der Waals surface area contributed by atoms with E-state index in [4.69, 9.17) is 4.74 Å². The molecule has 0 unspecified atom stereocenters. The summed E-state index contributed by atoms with van der Waals surface area (Å²) < 4.78 is 30.6. The fourth-order valence-corrected chi connectivity index (χ4v) is 4.32. The highest BCUT2D eigenvalue weighted by Crippen LogP contribution is 2.31. The third kappa shape index (κ3) is 3.67. The minimum atomic E-state index is -3.59. The molecule has 0 saturated carbocycles. The SMILES string of the molecule is CCCOc1cc(CC)c(CN2C(=O)c3ccccc3C2=O)c(S(C)(=O)=O)c1. The van der Waals surface area contributed by atoms with Crippen LogP contribution < -0.4 is 4.74 Å². The van der Waals surface area contributed by atoms with Gasteiger partial charge in [-0.1, -0.05) is 26.0 Å². The lowest BCUT2D eigenvalue weighted by atomic mass is 10.0. The normalized spacial score (nSPS) is 13.8. The average molecular weight is 401 g/mol. The van der Waals surface area contributed by atoms with Crippen molar-refractivity contribution in [2.75, 3.05) is 12.9 Å². The number of imide groups is 1. The molecule has 28 heavy (non-hydrogen) atoms. The Morgan fingerprint density at radius 1 is 1.00 bits per heavy atom. The number of hydrogen-bond acceptors (Lipinski definition) is 5. The minimum absolute atomic E-state index is 0.0913. The van der Waals surface area contributed by atoms with Gasteiger partial charge in [-0.2, -0.15) is 0 Å². The van der Waals surface area contributed by atoms with Crippen LogP contribution in [0.1, 0.15) is 52.1 Å². The first-order valence-corrected chi connectivity index (χ1v) is 11.1. The molecular weight excluding hydrogens is 378 g/mol. The van der Waals surface area contributed by atoms with Crippen molar-refractivity contribution in [2.45, 2.75) is 38.1 Å². The van der Waals surface area contributed by atoms with E-state index in [-0.39, 0.29) is 11.4 Å². The van der Waals surface area contributed by atoms with Crippen molar-refractivity contribution in [2.24, 2.45) is 0 Å². The monoisotopic (exact) mass is 401 g/mol. The van der Waals surface area contributed by atoms with Crippen molar-refractivity contribution in [1.82, 2.24) is 4.90 Å². The lowest BCUT2D eigenvalue weighted by Gasteiger charge is -2.20. The van der Waals surface area contributed by atoms with Crippen LogP contribution in [0, 0.1) is 0 Å². The molecule has 0 fully saturated rings. The molecule has 0 atom stereocenters. The molecule has 2 aromatic rings. The second kappa shape index (κ2) is 7.75. The summed E-state index contributed by atoms with van der Waals surface area (Å²) in [4.78, 5) is 26.6. The maximum absolute atomic E-state index is 12.7. The first-order chi connectivity index (χ1) is 13.3. The van der Waals surface area contributed by atoms with Gasteiger partial charge in [-0.25, -0.2) is 8.42 Å². The molecule has 0 aliphatic carbocycles. The van der Waals surface area contributed by atoms with Gasteiger partial charge in [-0.05, 0) is 48.2 Å². The molecule has 1 heterocycles. The molecule has 0 bridgehead atoms. The number of hydrogen-bond donors (Lipinski definition) is 0. The predicted octanol–water partition coefficient (Wildman–Crippen LogP) is 3.24. The van der Waals surface area contributed by atoms with E-state index >= 15 is 0 Å². The minimum Gasteiger partial charge on any atom is -0.494 e. The topological polar surface area (TPSA) is 80.8 Å². The van der Waals surface area contributed by atoms with Crippen molar-refractivity contribution in [3.63, 3.8) is 0 Å². The first-order valence-electron chi connectivity index (χ1n) is 9.21. The highest BCUT2D eigenvalue weighted by molar-refractivity contribution is 7.90. The number of amides is 2. The Kier molecular flexibility index (Phi) is 5.56. The molecule has 0 N–H and O–H groups in total. The zero-order valence-corrected chi connectivity index (χ0v) is 17.0. The number of rotatable bonds is 7. The van der Waals surface area contributed by atoms with E-state index in [1.165, 1.54) is 6.07 Å². The molecule has 7 heteroatoms. The number of carbonyl (C=O) groups excluding carboxylic acids is 2. The van der Waals surface area contributed by atoms with Crippen LogP contribution in [0.15, 0.2) is 41.3 Å². The summed E-state index contributed by atoms with van der Waals surface area (Å²) in [5.41, 5.74) is 1.89. The molecule has 1 aliphatic rings. The molecule has 0 radical (unpaired) electrons. The summed E-state index contributed by atoms with van der Waals surface area (Å²) >= 11 is 0. The van der Waals surface area contributed by atoms with Gasteiger partial charge in [0.15, 0.2) is 9.84 Å². The Hall–Kier alpha value is -2.67. The van der Waals surface area contributed by atoms with E-state index < -0.39 is 21.7 Å². The number of carbonyl (C=O) groups is 2. The van der Waals surface area contributed by atoms with Crippen molar-refractivity contribution in [1.29, 1.82) is 0 Å². The molecule has 3 rings (SSSR count). The summed E-state index contributed by atoms with van der Waals surface area (Å²) in [6, 6.07) is 9.89. The molecule has 2 aromatic carbocycles. The number of nitrogens with zero attached hydrogens (tertiary/aromatic N) is 1. The van der Waals surface area contributed by atoms with Crippen molar-refractivity contribution in [3.05, 3.63) is 58.7 Å². The van der Waals surface area contributed by atoms with Crippen molar-refractivity contribution < 1.29 is 22.7 Å². The van der Waals surface area contributed by atoms with E-state index in [1.54, 1.807) is 30.3 Å². The average Bonchev–Trinajstić information content (AvgIpc) is 2.91. The van der Waals surface area contributed by atoms with Crippen LogP contribution >= 0.6 is 0 Å². The quantitative estimate of drug-likeness (QED) is 0.666. The van der Waals surface area contributed by atoms with E-state index in [0.29, 0.717) is 35.5 Å². The fourth-order valence-electron chi connectivity index (χ4n) is 3.34. The Morgan fingerprint density at radius 2 is 1.61 bits per heavy atom. The maximum Gasteiger partial charge on any atom is 0.261 e. The molecular formula is C21H23NO5S. The number of fused-ring (bicyclic) bond motifs is 1. The van der Waals surface area contributed by atoms with Gasteiger partial charge in [0.2, 0.25) is 0 Å². The third-order valence-corrected chi connectivity index (χ3v) is 5.89. The van der Waals surface area contributed by atoms with Crippen LogP contribution in [0.4, 0.5) is 0 Å². The van der Waals surface area contributed by atoms with Crippen LogP contribution in [-0.2, 0) is 22.8 Å².